The van der Waals surface area contributed by atoms with Gasteiger partial charge in [0.25, 0.3) is 0 Å². The molecule has 0 saturated carbocycles. The molecule has 0 spiro atoms. The van der Waals surface area contributed by atoms with E-state index < -0.39 is 12.1 Å². The first-order valence-corrected chi connectivity index (χ1v) is 3.51. The summed E-state index contributed by atoms with van der Waals surface area (Å²) in [5, 5.41) is 11.5. The zero-order valence-electron chi connectivity index (χ0n) is 5.97. The van der Waals surface area contributed by atoms with Crippen molar-refractivity contribution in [3.05, 3.63) is 0 Å². The summed E-state index contributed by atoms with van der Waals surface area (Å²) in [5.41, 5.74) is 0. The molecule has 1 heterocycles. The summed E-state index contributed by atoms with van der Waals surface area (Å²) in [6.45, 7) is 2.43. The number of hydrogen-bond acceptors (Lipinski definition) is 2. The fourth-order valence-corrected chi connectivity index (χ4v) is 1.17. The Balaban J connectivity index is 2.45. The first kappa shape index (κ1) is 7.49. The third-order valence-electron chi connectivity index (χ3n) is 1.87. The predicted octanol–water partition coefficient (Wildman–Crippen LogP) is 0.846. The topological polar surface area (TPSA) is 35.8 Å². The van der Waals surface area contributed by atoms with Crippen LogP contribution in [0, 0.1) is 17.2 Å². The summed E-state index contributed by atoms with van der Waals surface area (Å²) < 4.78 is 12.8. The van der Waals surface area contributed by atoms with E-state index in [2.05, 4.69) is 5.32 Å². The fraction of sp³-hybridized carbons (Fsp3) is 0.857. The van der Waals surface area contributed by atoms with E-state index in [1.165, 1.54) is 0 Å². The minimum Gasteiger partial charge on any atom is -0.313 e. The van der Waals surface area contributed by atoms with Gasteiger partial charge in [-0.1, -0.05) is 0 Å². The highest BCUT2D eigenvalue weighted by Crippen LogP contribution is 2.17. The minimum atomic E-state index is -0.929. The molecule has 1 saturated heterocycles. The smallest absolute Gasteiger partial charge is 0.119 e. The summed E-state index contributed by atoms with van der Waals surface area (Å²) in [6.07, 6.45) is -0.459. The molecule has 2 nitrogen and oxygen atoms in total. The number of alkyl halides is 1. The average molecular weight is 142 g/mol. The molecule has 1 fully saturated rings. The van der Waals surface area contributed by atoms with Crippen molar-refractivity contribution in [1.82, 2.24) is 5.32 Å². The lowest BCUT2D eigenvalue weighted by molar-refractivity contribution is 0.187. The molecule has 0 aromatic heterocycles. The van der Waals surface area contributed by atoms with Crippen molar-refractivity contribution in [2.24, 2.45) is 5.92 Å². The Morgan fingerprint density at radius 3 is 2.90 bits per heavy atom. The molecule has 56 valence electrons. The highest BCUT2D eigenvalue weighted by Gasteiger charge is 2.27. The Morgan fingerprint density at radius 1 is 1.70 bits per heavy atom. The average Bonchev–Trinajstić information content (AvgIpc) is 1.88. The Kier molecular flexibility index (Phi) is 2.23. The third-order valence-corrected chi connectivity index (χ3v) is 1.87. The van der Waals surface area contributed by atoms with Crippen LogP contribution in [0.3, 0.4) is 0 Å². The standard InChI is InChI=1S/C7H11FN2/c1-5-2-7(8)6(3-9)4-10-5/h5-7,10H,2,4H2,1H3/t5-,6?,7?/m1/s1. The zero-order chi connectivity index (χ0) is 7.56. The molecule has 1 aliphatic heterocycles. The van der Waals surface area contributed by atoms with E-state index >= 15 is 0 Å². The molecule has 3 heteroatoms. The Labute approximate surface area is 60.0 Å². The molecule has 0 amide bonds. The van der Waals surface area contributed by atoms with Crippen molar-refractivity contribution >= 4 is 0 Å². The fourth-order valence-electron chi connectivity index (χ4n) is 1.17. The number of piperidine rings is 1. The van der Waals surface area contributed by atoms with Crippen LogP contribution < -0.4 is 5.32 Å². The maximum Gasteiger partial charge on any atom is 0.119 e. The molecular weight excluding hydrogens is 131 g/mol. The number of nitriles is 1. The van der Waals surface area contributed by atoms with Crippen molar-refractivity contribution in [3.8, 4) is 6.07 Å². The lowest BCUT2D eigenvalue weighted by Crippen LogP contribution is -2.42. The second kappa shape index (κ2) is 2.98. The van der Waals surface area contributed by atoms with Crippen molar-refractivity contribution < 1.29 is 4.39 Å². The Morgan fingerprint density at radius 2 is 2.40 bits per heavy atom. The van der Waals surface area contributed by atoms with E-state index in [9.17, 15) is 4.39 Å². The molecule has 10 heavy (non-hydrogen) atoms. The molecule has 0 aliphatic carbocycles. The Hall–Kier alpha value is -0.620. The van der Waals surface area contributed by atoms with Crippen molar-refractivity contribution in [2.45, 2.75) is 25.6 Å². The largest absolute Gasteiger partial charge is 0.313 e. The van der Waals surface area contributed by atoms with Gasteiger partial charge in [-0.3, -0.25) is 0 Å². The summed E-state index contributed by atoms with van der Waals surface area (Å²) in [4.78, 5) is 0. The first-order valence-electron chi connectivity index (χ1n) is 3.51. The third kappa shape index (κ3) is 1.45. The van der Waals surface area contributed by atoms with Gasteiger partial charge in [-0.25, -0.2) is 4.39 Å². The van der Waals surface area contributed by atoms with Gasteiger partial charge in [0.2, 0.25) is 0 Å². The van der Waals surface area contributed by atoms with Gasteiger partial charge in [0.15, 0.2) is 0 Å². The van der Waals surface area contributed by atoms with Gasteiger partial charge in [-0.2, -0.15) is 5.26 Å². The maximum atomic E-state index is 12.8. The monoisotopic (exact) mass is 142 g/mol. The predicted molar refractivity (Wildman–Crippen MR) is 36.1 cm³/mol. The van der Waals surface area contributed by atoms with Gasteiger partial charge in [-0.15, -0.1) is 0 Å². The number of halogens is 1. The van der Waals surface area contributed by atoms with Crippen LogP contribution in [0.2, 0.25) is 0 Å². The van der Waals surface area contributed by atoms with Gasteiger partial charge >= 0.3 is 0 Å². The van der Waals surface area contributed by atoms with Crippen LogP contribution >= 0.6 is 0 Å². The molecule has 0 aromatic carbocycles. The normalized spacial score (nSPS) is 40.7. The van der Waals surface area contributed by atoms with Crippen molar-refractivity contribution in [3.63, 3.8) is 0 Å². The van der Waals surface area contributed by atoms with Crippen LogP contribution in [0.1, 0.15) is 13.3 Å². The SMILES string of the molecule is C[C@@H]1CC(F)C(C#N)CN1. The molecule has 2 unspecified atom stereocenters. The highest BCUT2D eigenvalue weighted by molar-refractivity contribution is 4.95. The van der Waals surface area contributed by atoms with Crippen LogP contribution in [0.15, 0.2) is 0 Å². The molecular formula is C7H11FN2. The zero-order valence-corrected chi connectivity index (χ0v) is 5.97. The highest BCUT2D eigenvalue weighted by atomic mass is 19.1. The van der Waals surface area contributed by atoms with Crippen LogP contribution in [0.4, 0.5) is 4.39 Å². The number of nitrogens with one attached hydrogen (secondary N) is 1. The van der Waals surface area contributed by atoms with Gasteiger partial charge in [0, 0.05) is 12.6 Å². The molecule has 1 N–H and O–H groups in total. The molecule has 0 radical (unpaired) electrons. The van der Waals surface area contributed by atoms with Gasteiger partial charge < -0.3 is 5.32 Å². The van der Waals surface area contributed by atoms with Crippen molar-refractivity contribution in [2.75, 3.05) is 6.54 Å². The van der Waals surface area contributed by atoms with Crippen LogP contribution in [0.5, 0.6) is 0 Å². The maximum absolute atomic E-state index is 12.8. The van der Waals surface area contributed by atoms with Gasteiger partial charge in [-0.05, 0) is 13.3 Å². The first-order chi connectivity index (χ1) is 4.74. The molecule has 0 aromatic rings. The van der Waals surface area contributed by atoms with E-state index in [0.29, 0.717) is 13.0 Å². The van der Waals surface area contributed by atoms with Crippen LogP contribution in [-0.2, 0) is 0 Å². The Bertz CT molecular complexity index is 152. The minimum absolute atomic E-state index is 0.222. The van der Waals surface area contributed by atoms with E-state index in [4.69, 9.17) is 5.26 Å². The number of hydrogen-bond donors (Lipinski definition) is 1. The molecule has 3 atom stereocenters. The summed E-state index contributed by atoms with van der Waals surface area (Å²) in [6, 6.07) is 2.16. The van der Waals surface area contributed by atoms with E-state index in [0.717, 1.165) is 0 Å². The van der Waals surface area contributed by atoms with E-state index in [1.807, 2.05) is 13.0 Å². The lowest BCUT2D eigenvalue weighted by Gasteiger charge is -2.26. The van der Waals surface area contributed by atoms with Crippen LogP contribution in [0.25, 0.3) is 0 Å². The quantitative estimate of drug-likeness (QED) is 0.544. The summed E-state index contributed by atoms with van der Waals surface area (Å²) in [7, 11) is 0. The van der Waals surface area contributed by atoms with Gasteiger partial charge in [0.05, 0.1) is 12.0 Å². The van der Waals surface area contributed by atoms with Crippen molar-refractivity contribution in [1.29, 1.82) is 5.26 Å². The molecule has 1 aliphatic rings. The molecule has 1 rings (SSSR count). The lowest BCUT2D eigenvalue weighted by atomic mass is 9.95. The van der Waals surface area contributed by atoms with Gasteiger partial charge in [0.1, 0.15) is 6.17 Å². The number of nitrogens with zero attached hydrogens (tertiary/aromatic N) is 1. The van der Waals surface area contributed by atoms with Crippen LogP contribution in [-0.4, -0.2) is 18.8 Å². The molecule has 0 bridgehead atoms. The summed E-state index contributed by atoms with van der Waals surface area (Å²) in [5.74, 6) is -0.434. The second-order valence-corrected chi connectivity index (χ2v) is 2.80. The van der Waals surface area contributed by atoms with E-state index in [1.54, 1.807) is 0 Å². The second-order valence-electron chi connectivity index (χ2n) is 2.80. The summed E-state index contributed by atoms with van der Waals surface area (Å²) >= 11 is 0. The number of rotatable bonds is 0. The van der Waals surface area contributed by atoms with E-state index in [-0.39, 0.29) is 6.04 Å².